The summed E-state index contributed by atoms with van der Waals surface area (Å²) < 4.78 is 5.26. The van der Waals surface area contributed by atoms with Crippen LogP contribution in [0.3, 0.4) is 0 Å². The van der Waals surface area contributed by atoms with E-state index in [-0.39, 0.29) is 0 Å². The van der Waals surface area contributed by atoms with E-state index >= 15 is 0 Å². The van der Waals surface area contributed by atoms with Gasteiger partial charge in [-0.1, -0.05) is 147 Å². The maximum atomic E-state index is 2.59. The lowest BCUT2D eigenvalue weighted by Gasteiger charge is -2.23. The van der Waals surface area contributed by atoms with Crippen molar-refractivity contribution in [3.8, 4) is 39.1 Å². The van der Waals surface area contributed by atoms with Gasteiger partial charge in [-0.25, -0.2) is 0 Å². The van der Waals surface area contributed by atoms with E-state index in [1.165, 1.54) is 125 Å². The first-order chi connectivity index (χ1) is 29.7. The third-order valence-corrected chi connectivity index (χ3v) is 14.3. The van der Waals surface area contributed by atoms with Gasteiger partial charge in [-0.3, -0.25) is 0 Å². The van der Waals surface area contributed by atoms with E-state index < -0.39 is 0 Å². The highest BCUT2D eigenvalue weighted by Crippen LogP contribution is 2.48. The normalized spacial score (nSPS) is 12.8. The molecule has 286 valence electrons. The molecule has 0 bridgehead atoms. The number of aromatic nitrogens is 1. The summed E-state index contributed by atoms with van der Waals surface area (Å²) >= 11 is 1.89. The molecule has 2 heterocycles. The van der Waals surface area contributed by atoms with Gasteiger partial charge in [-0.05, 0) is 145 Å². The SMILES string of the molecule is CCCc1cccc(-n2c3c(c4cc(-c5ccc6c7ccccc7c7ccccc7c6c5)ccc42)CCC=C3)c1-c1c(C)cccc1-c1cccc2sc3ccccc3c12. The molecule has 60 heavy (non-hydrogen) atoms. The highest BCUT2D eigenvalue weighted by molar-refractivity contribution is 7.25. The molecule has 9 aromatic carbocycles. The van der Waals surface area contributed by atoms with Crippen LogP contribution in [0.15, 0.2) is 170 Å². The Balaban J connectivity index is 1.09. The van der Waals surface area contributed by atoms with Crippen molar-refractivity contribution in [3.63, 3.8) is 0 Å². The Morgan fingerprint density at radius 2 is 1.17 bits per heavy atom. The number of thiophene rings is 1. The fourth-order valence-electron chi connectivity index (χ4n) is 10.5. The summed E-state index contributed by atoms with van der Waals surface area (Å²) in [5.74, 6) is 0. The number of fused-ring (bicyclic) bond motifs is 12. The lowest BCUT2D eigenvalue weighted by atomic mass is 9.85. The van der Waals surface area contributed by atoms with E-state index in [0.717, 1.165) is 25.7 Å². The molecule has 0 fully saturated rings. The summed E-state index contributed by atoms with van der Waals surface area (Å²) in [6.45, 7) is 4.62. The van der Waals surface area contributed by atoms with Gasteiger partial charge in [0.05, 0.1) is 11.2 Å². The largest absolute Gasteiger partial charge is 0.309 e. The molecule has 0 saturated heterocycles. The summed E-state index contributed by atoms with van der Waals surface area (Å²) in [5, 5.41) is 11.9. The molecule has 0 unspecified atom stereocenters. The van der Waals surface area contributed by atoms with Crippen LogP contribution in [0.5, 0.6) is 0 Å². The lowest BCUT2D eigenvalue weighted by Crippen LogP contribution is -2.05. The molecule has 1 aliphatic carbocycles. The van der Waals surface area contributed by atoms with Gasteiger partial charge in [0.15, 0.2) is 0 Å². The van der Waals surface area contributed by atoms with Gasteiger partial charge in [0, 0.05) is 36.8 Å². The summed E-state index contributed by atoms with van der Waals surface area (Å²) in [4.78, 5) is 0. The predicted octanol–water partition coefficient (Wildman–Crippen LogP) is 16.7. The molecule has 0 saturated carbocycles. The molecule has 2 heteroatoms. The Labute approximate surface area is 354 Å². The third kappa shape index (κ3) is 5.30. The maximum Gasteiger partial charge on any atom is 0.0543 e. The number of hydrogen-bond donors (Lipinski definition) is 0. The summed E-state index contributed by atoms with van der Waals surface area (Å²) in [5.41, 5.74) is 15.8. The molecule has 0 radical (unpaired) electrons. The molecule has 11 aromatic rings. The first-order valence-electron chi connectivity index (χ1n) is 21.5. The standard InChI is InChI=1S/C58H43NS/c1-3-15-37-17-13-27-53(57(37)56-36(2)16-12-24-46(56)47-25-14-29-55-58(47)48-23-9-11-28-54(48)60-55)59-51-26-10-8-22-45(51)50-35-39(31-33-52(50)59)38-30-32-44-42-20-5-4-18-40(42)41-19-6-7-21-43(41)49(44)34-38/h4-7,9-14,16-21,23-35H,3,8,15,22H2,1-2H3. The molecular formula is C58H43NS. The van der Waals surface area contributed by atoms with Gasteiger partial charge in [-0.15, -0.1) is 11.3 Å². The average Bonchev–Trinajstić information content (AvgIpc) is 3.85. The van der Waals surface area contributed by atoms with E-state index in [2.05, 4.69) is 194 Å². The number of benzene rings is 9. The van der Waals surface area contributed by atoms with Crippen LogP contribution in [0.25, 0.3) is 109 Å². The first kappa shape index (κ1) is 35.2. The topological polar surface area (TPSA) is 4.93 Å². The van der Waals surface area contributed by atoms with Gasteiger partial charge in [0.25, 0.3) is 0 Å². The zero-order valence-electron chi connectivity index (χ0n) is 33.9. The van der Waals surface area contributed by atoms with Gasteiger partial charge in [0.2, 0.25) is 0 Å². The molecule has 0 N–H and O–H groups in total. The van der Waals surface area contributed by atoms with Gasteiger partial charge >= 0.3 is 0 Å². The van der Waals surface area contributed by atoms with Crippen LogP contribution >= 0.6 is 11.3 Å². The zero-order chi connectivity index (χ0) is 39.9. The van der Waals surface area contributed by atoms with Crippen LogP contribution in [-0.2, 0) is 12.8 Å². The Bertz CT molecular complexity index is 3540. The fraction of sp³-hybridized carbons (Fsp3) is 0.103. The number of allylic oxidation sites excluding steroid dienone is 1. The van der Waals surface area contributed by atoms with E-state index in [4.69, 9.17) is 0 Å². The Morgan fingerprint density at radius 3 is 1.95 bits per heavy atom. The lowest BCUT2D eigenvalue weighted by molar-refractivity contribution is 0.918. The Kier molecular flexibility index (Phi) is 8.18. The number of nitrogens with zero attached hydrogens (tertiary/aromatic N) is 1. The van der Waals surface area contributed by atoms with Crippen molar-refractivity contribution in [2.24, 2.45) is 0 Å². The quantitative estimate of drug-likeness (QED) is 0.148. The average molecular weight is 786 g/mol. The minimum absolute atomic E-state index is 1.01. The molecule has 0 amide bonds. The van der Waals surface area contributed by atoms with Crippen molar-refractivity contribution in [3.05, 3.63) is 192 Å². The molecule has 2 aromatic heterocycles. The predicted molar refractivity (Wildman–Crippen MR) is 261 cm³/mol. The monoisotopic (exact) mass is 785 g/mol. The van der Waals surface area contributed by atoms with Crippen LogP contribution in [0.4, 0.5) is 0 Å². The summed E-state index contributed by atoms with van der Waals surface area (Å²) in [6, 6.07) is 61.8. The minimum atomic E-state index is 1.01. The van der Waals surface area contributed by atoms with Gasteiger partial charge < -0.3 is 4.57 Å². The second-order valence-electron chi connectivity index (χ2n) is 16.6. The van der Waals surface area contributed by atoms with Crippen LogP contribution in [0, 0.1) is 6.92 Å². The van der Waals surface area contributed by atoms with Crippen LogP contribution in [-0.4, -0.2) is 4.57 Å². The molecule has 0 atom stereocenters. The van der Waals surface area contributed by atoms with Gasteiger partial charge in [-0.2, -0.15) is 0 Å². The van der Waals surface area contributed by atoms with Crippen molar-refractivity contribution in [1.82, 2.24) is 4.57 Å². The van der Waals surface area contributed by atoms with E-state index in [0.29, 0.717) is 0 Å². The van der Waals surface area contributed by atoms with E-state index in [9.17, 15) is 0 Å². The number of aryl methyl sites for hydroxylation is 3. The Morgan fingerprint density at radius 1 is 0.533 bits per heavy atom. The smallest absolute Gasteiger partial charge is 0.0543 e. The van der Waals surface area contributed by atoms with E-state index in [1.54, 1.807) is 0 Å². The second-order valence-corrected chi connectivity index (χ2v) is 17.6. The van der Waals surface area contributed by atoms with Crippen LogP contribution < -0.4 is 0 Å². The zero-order valence-corrected chi connectivity index (χ0v) is 34.7. The second kappa shape index (κ2) is 13.9. The van der Waals surface area contributed by atoms with Crippen molar-refractivity contribution in [2.75, 3.05) is 0 Å². The fourth-order valence-corrected chi connectivity index (χ4v) is 11.7. The summed E-state index contributed by atoms with van der Waals surface area (Å²) in [6.07, 6.45) is 8.92. The first-order valence-corrected chi connectivity index (χ1v) is 22.3. The molecule has 0 spiro atoms. The van der Waals surface area contributed by atoms with Crippen LogP contribution in [0.2, 0.25) is 0 Å². The highest BCUT2D eigenvalue weighted by atomic mass is 32.1. The van der Waals surface area contributed by atoms with E-state index in [1.807, 2.05) is 11.3 Å². The third-order valence-electron chi connectivity index (χ3n) is 13.1. The van der Waals surface area contributed by atoms with Crippen molar-refractivity contribution in [1.29, 1.82) is 0 Å². The molecule has 1 nitrogen and oxygen atoms in total. The minimum Gasteiger partial charge on any atom is -0.309 e. The van der Waals surface area contributed by atoms with Crippen molar-refractivity contribution < 1.29 is 0 Å². The summed E-state index contributed by atoms with van der Waals surface area (Å²) in [7, 11) is 0. The number of rotatable bonds is 6. The van der Waals surface area contributed by atoms with Gasteiger partial charge in [0.1, 0.15) is 0 Å². The number of hydrogen-bond acceptors (Lipinski definition) is 1. The van der Waals surface area contributed by atoms with Crippen molar-refractivity contribution in [2.45, 2.75) is 39.5 Å². The molecule has 12 rings (SSSR count). The molecule has 0 aliphatic heterocycles. The highest BCUT2D eigenvalue weighted by Gasteiger charge is 2.25. The molecule has 1 aliphatic rings. The maximum absolute atomic E-state index is 2.59. The Hall–Kier alpha value is -6.74. The molecular weight excluding hydrogens is 743 g/mol. The van der Waals surface area contributed by atoms with Crippen molar-refractivity contribution >= 4 is 80.8 Å². The van der Waals surface area contributed by atoms with Crippen LogP contribution in [0.1, 0.15) is 42.1 Å².